The van der Waals surface area contributed by atoms with E-state index in [1.165, 1.54) is 12.3 Å². The topological polar surface area (TPSA) is 71.5 Å². The summed E-state index contributed by atoms with van der Waals surface area (Å²) in [6.07, 6.45) is -5.50. The van der Waals surface area contributed by atoms with Crippen LogP contribution in [0.5, 0.6) is 0 Å². The minimum Gasteiger partial charge on any atom is -0.390 e. The number of carbonyl (C=O) groups is 1. The second kappa shape index (κ2) is 5.98. The van der Waals surface area contributed by atoms with E-state index in [1.807, 2.05) is 0 Å². The first kappa shape index (κ1) is 19.4. The quantitative estimate of drug-likeness (QED) is 0.584. The van der Waals surface area contributed by atoms with Gasteiger partial charge in [0.2, 0.25) is 11.9 Å². The number of anilines is 1. The summed E-state index contributed by atoms with van der Waals surface area (Å²) in [6, 6.07) is 4.41. The lowest BCUT2D eigenvalue weighted by molar-refractivity contribution is -0.137. The van der Waals surface area contributed by atoms with Crippen LogP contribution in [0.3, 0.4) is 0 Å². The summed E-state index contributed by atoms with van der Waals surface area (Å²) in [5.41, 5.74) is -3.60. The van der Waals surface area contributed by atoms with Crippen molar-refractivity contribution >= 4 is 11.6 Å². The van der Waals surface area contributed by atoms with Gasteiger partial charge in [-0.1, -0.05) is 0 Å². The number of benzene rings is 1. The highest BCUT2D eigenvalue weighted by atomic mass is 19.4. The number of halogens is 5. The van der Waals surface area contributed by atoms with Crippen LogP contribution >= 0.6 is 0 Å². The predicted octanol–water partition coefficient (Wildman–Crippen LogP) is 3.18. The van der Waals surface area contributed by atoms with Crippen molar-refractivity contribution in [2.24, 2.45) is 5.41 Å². The summed E-state index contributed by atoms with van der Waals surface area (Å²) in [4.78, 5) is 16.7. The van der Waals surface area contributed by atoms with Gasteiger partial charge in [0, 0.05) is 18.0 Å². The monoisotopic (exact) mass is 426 g/mol. The molecule has 1 amide bonds. The largest absolute Gasteiger partial charge is 0.416 e. The van der Waals surface area contributed by atoms with Crippen molar-refractivity contribution in [2.75, 3.05) is 5.32 Å². The van der Waals surface area contributed by atoms with Crippen molar-refractivity contribution in [3.05, 3.63) is 59.4 Å². The molecule has 1 aromatic carbocycles. The van der Waals surface area contributed by atoms with Crippen LogP contribution in [0.1, 0.15) is 24.0 Å². The molecule has 5 atom stereocenters. The van der Waals surface area contributed by atoms with Gasteiger partial charge in [-0.15, -0.1) is 0 Å². The Hall–Kier alpha value is -2.59. The van der Waals surface area contributed by atoms with E-state index in [-0.39, 0.29) is 12.8 Å². The number of nitrogens with zero attached hydrogens (tertiary/aromatic N) is 1. The van der Waals surface area contributed by atoms with Gasteiger partial charge in [-0.05, 0) is 42.3 Å². The van der Waals surface area contributed by atoms with Crippen LogP contribution in [0.4, 0.5) is 27.6 Å². The molecule has 1 aromatic heterocycles. The maximum Gasteiger partial charge on any atom is 0.416 e. The Balaban J connectivity index is 1.52. The number of aromatic nitrogens is 1. The smallest absolute Gasteiger partial charge is 0.390 e. The second-order valence-electron chi connectivity index (χ2n) is 7.98. The SMILES string of the molecule is O=C(Nc1cc(C(F)(F)F)ccc1F)C12CC1(c1ccnc(F)c1)C1OC2CC1O. The number of rotatable bonds is 3. The highest BCUT2D eigenvalue weighted by molar-refractivity contribution is 6.01. The Kier molecular flexibility index (Phi) is 3.86. The molecule has 2 bridgehead atoms. The first-order chi connectivity index (χ1) is 14.1. The Morgan fingerprint density at radius 3 is 2.70 bits per heavy atom. The fourth-order valence-electron chi connectivity index (χ4n) is 5.24. The minimum absolute atomic E-state index is 0.151. The van der Waals surface area contributed by atoms with Gasteiger partial charge in [-0.25, -0.2) is 9.37 Å². The number of nitrogens with one attached hydrogen (secondary N) is 1. The molecule has 1 saturated carbocycles. The van der Waals surface area contributed by atoms with E-state index >= 15 is 0 Å². The van der Waals surface area contributed by atoms with Gasteiger partial charge in [0.05, 0.1) is 35.0 Å². The van der Waals surface area contributed by atoms with E-state index in [4.69, 9.17) is 4.74 Å². The van der Waals surface area contributed by atoms with Crippen molar-refractivity contribution in [3.8, 4) is 0 Å². The number of hydrogen-bond donors (Lipinski definition) is 2. The standard InChI is InChI=1S/C20H15F5N2O3/c21-11-2-1-10(20(23,24)25)5-12(11)27-17(29)19-8-18(19,9-3-4-26-15(22)6-9)16-13(28)7-14(19)30-16/h1-6,13-14,16,28H,7-8H2,(H,27,29). The lowest BCUT2D eigenvalue weighted by Gasteiger charge is -2.29. The number of aliphatic hydroxyl groups is 1. The molecule has 0 radical (unpaired) electrons. The normalized spacial score (nSPS) is 34.0. The average Bonchev–Trinajstić information content (AvgIpc) is 3.16. The molecule has 2 aliphatic heterocycles. The summed E-state index contributed by atoms with van der Waals surface area (Å²) >= 11 is 0. The van der Waals surface area contributed by atoms with E-state index in [0.29, 0.717) is 23.8 Å². The van der Waals surface area contributed by atoms with E-state index in [0.717, 1.165) is 6.07 Å². The van der Waals surface area contributed by atoms with Gasteiger partial charge in [-0.3, -0.25) is 4.79 Å². The van der Waals surface area contributed by atoms with Crippen molar-refractivity contribution in [2.45, 2.75) is 42.7 Å². The third-order valence-corrected chi connectivity index (χ3v) is 6.57. The van der Waals surface area contributed by atoms with E-state index < -0.39 is 64.2 Å². The molecule has 3 heterocycles. The van der Waals surface area contributed by atoms with Crippen LogP contribution in [-0.2, 0) is 21.1 Å². The second-order valence-corrected chi connectivity index (χ2v) is 7.98. The molecule has 158 valence electrons. The molecule has 2 saturated heterocycles. The number of hydrogen-bond acceptors (Lipinski definition) is 4. The number of amides is 1. The zero-order valence-corrected chi connectivity index (χ0v) is 15.2. The van der Waals surface area contributed by atoms with E-state index in [9.17, 15) is 31.9 Å². The third kappa shape index (κ3) is 2.40. The van der Waals surface area contributed by atoms with Gasteiger partial charge in [0.15, 0.2) is 0 Å². The first-order valence-electron chi connectivity index (χ1n) is 9.23. The van der Waals surface area contributed by atoms with Gasteiger partial charge < -0.3 is 15.2 Å². The fraction of sp³-hybridized carbons (Fsp3) is 0.400. The molecule has 10 heteroatoms. The zero-order chi connectivity index (χ0) is 21.5. The number of pyridine rings is 1. The molecule has 30 heavy (non-hydrogen) atoms. The van der Waals surface area contributed by atoms with Crippen LogP contribution in [0.15, 0.2) is 36.5 Å². The number of ether oxygens (including phenoxy) is 1. The molecule has 5 nitrogen and oxygen atoms in total. The van der Waals surface area contributed by atoms with Crippen LogP contribution < -0.4 is 5.32 Å². The van der Waals surface area contributed by atoms with Crippen molar-refractivity contribution < 1.29 is 36.6 Å². The van der Waals surface area contributed by atoms with Crippen LogP contribution in [0, 0.1) is 17.2 Å². The first-order valence-corrected chi connectivity index (χ1v) is 9.23. The Morgan fingerprint density at radius 2 is 2.00 bits per heavy atom. The molecular formula is C20H15F5N2O3. The fourth-order valence-corrected chi connectivity index (χ4v) is 5.24. The lowest BCUT2D eigenvalue weighted by atomic mass is 9.74. The minimum atomic E-state index is -4.71. The summed E-state index contributed by atoms with van der Waals surface area (Å²) in [5, 5.41) is 12.6. The maximum atomic E-state index is 14.2. The van der Waals surface area contributed by atoms with E-state index in [1.54, 1.807) is 0 Å². The van der Waals surface area contributed by atoms with Gasteiger partial charge in [0.1, 0.15) is 5.82 Å². The molecule has 5 unspecified atom stereocenters. The zero-order valence-electron chi connectivity index (χ0n) is 15.2. The summed E-state index contributed by atoms with van der Waals surface area (Å²) in [6.45, 7) is 0. The molecule has 2 aromatic rings. The van der Waals surface area contributed by atoms with Gasteiger partial charge in [-0.2, -0.15) is 17.6 Å². The average molecular weight is 426 g/mol. The van der Waals surface area contributed by atoms with Crippen LogP contribution in [-0.4, -0.2) is 34.3 Å². The van der Waals surface area contributed by atoms with Gasteiger partial charge in [0.25, 0.3) is 0 Å². The Labute approximate surface area is 166 Å². The predicted molar refractivity (Wildman–Crippen MR) is 92.2 cm³/mol. The molecule has 5 rings (SSSR count). The number of fused-ring (bicyclic) bond motifs is 5. The maximum absolute atomic E-state index is 14.2. The van der Waals surface area contributed by atoms with E-state index in [2.05, 4.69) is 10.3 Å². The van der Waals surface area contributed by atoms with Gasteiger partial charge >= 0.3 is 6.18 Å². The Bertz CT molecular complexity index is 1060. The molecule has 2 N–H and O–H groups in total. The third-order valence-electron chi connectivity index (χ3n) is 6.57. The number of carbonyl (C=O) groups excluding carboxylic acids is 1. The van der Waals surface area contributed by atoms with Crippen molar-refractivity contribution in [1.29, 1.82) is 0 Å². The molecule has 0 spiro atoms. The number of alkyl halides is 3. The summed E-state index contributed by atoms with van der Waals surface area (Å²) in [7, 11) is 0. The highest BCUT2D eigenvalue weighted by Gasteiger charge is 2.87. The molecule has 1 aliphatic carbocycles. The summed E-state index contributed by atoms with van der Waals surface area (Å²) < 4.78 is 72.6. The lowest BCUT2D eigenvalue weighted by Crippen LogP contribution is -2.44. The van der Waals surface area contributed by atoms with Crippen LogP contribution in [0.25, 0.3) is 0 Å². The molecule has 3 fully saturated rings. The van der Waals surface area contributed by atoms with Crippen LogP contribution in [0.2, 0.25) is 0 Å². The Morgan fingerprint density at radius 1 is 1.23 bits per heavy atom. The number of aliphatic hydroxyl groups excluding tert-OH is 1. The molecular weight excluding hydrogens is 411 g/mol. The molecule has 3 aliphatic rings. The van der Waals surface area contributed by atoms with Crippen molar-refractivity contribution in [3.63, 3.8) is 0 Å². The summed E-state index contributed by atoms with van der Waals surface area (Å²) in [5.74, 6) is -2.51. The van der Waals surface area contributed by atoms with Crippen molar-refractivity contribution in [1.82, 2.24) is 4.98 Å². The highest BCUT2D eigenvalue weighted by Crippen LogP contribution is 2.77.